The van der Waals surface area contributed by atoms with Crippen LogP contribution in [-0.2, 0) is 27.3 Å². The van der Waals surface area contributed by atoms with Crippen LogP contribution in [0, 0.1) is 0 Å². The van der Waals surface area contributed by atoms with Gasteiger partial charge in [0.2, 0.25) is 5.91 Å². The zero-order valence-corrected chi connectivity index (χ0v) is 17.3. The van der Waals surface area contributed by atoms with Gasteiger partial charge in [-0.05, 0) is 30.5 Å². The highest BCUT2D eigenvalue weighted by Gasteiger charge is 2.46. The van der Waals surface area contributed by atoms with Gasteiger partial charge in [-0.15, -0.1) is 0 Å². The molecule has 3 aliphatic rings. The number of amides is 4. The number of imide groups is 1. The summed E-state index contributed by atoms with van der Waals surface area (Å²) >= 11 is 0. The van der Waals surface area contributed by atoms with E-state index in [1.165, 1.54) is 4.90 Å². The molecule has 2 saturated heterocycles. The SMILES string of the molecule is O=C(CCCN1C(=O)C2Cc3ccccc3CN2C1=O)NCCCN1CCOCC1. The van der Waals surface area contributed by atoms with Crippen LogP contribution in [0.5, 0.6) is 0 Å². The number of nitrogens with one attached hydrogen (secondary N) is 1. The average Bonchev–Trinajstić information content (AvgIpc) is 3.00. The van der Waals surface area contributed by atoms with E-state index in [2.05, 4.69) is 10.2 Å². The minimum absolute atomic E-state index is 0.0267. The molecule has 0 aromatic heterocycles. The smallest absolute Gasteiger partial charge is 0.327 e. The van der Waals surface area contributed by atoms with E-state index in [1.54, 1.807) is 4.90 Å². The van der Waals surface area contributed by atoms with E-state index < -0.39 is 6.04 Å². The van der Waals surface area contributed by atoms with E-state index in [0.29, 0.717) is 38.9 Å². The van der Waals surface area contributed by atoms with Gasteiger partial charge in [-0.2, -0.15) is 0 Å². The molecule has 8 nitrogen and oxygen atoms in total. The van der Waals surface area contributed by atoms with Gasteiger partial charge < -0.3 is 15.0 Å². The maximum absolute atomic E-state index is 12.7. The topological polar surface area (TPSA) is 82.2 Å². The molecule has 1 atom stereocenters. The summed E-state index contributed by atoms with van der Waals surface area (Å²) in [5.74, 6) is -0.165. The number of urea groups is 1. The maximum atomic E-state index is 12.7. The van der Waals surface area contributed by atoms with Crippen molar-refractivity contribution in [2.45, 2.75) is 38.3 Å². The maximum Gasteiger partial charge on any atom is 0.327 e. The van der Waals surface area contributed by atoms with Crippen molar-refractivity contribution in [2.24, 2.45) is 0 Å². The summed E-state index contributed by atoms with van der Waals surface area (Å²) in [6.07, 6.45) is 2.28. The Balaban J connectivity index is 1.17. The van der Waals surface area contributed by atoms with Gasteiger partial charge in [0.25, 0.3) is 5.91 Å². The van der Waals surface area contributed by atoms with Gasteiger partial charge in [-0.3, -0.25) is 19.4 Å². The third-order valence-corrected chi connectivity index (χ3v) is 6.14. The normalized spacial score (nSPS) is 21.5. The highest BCUT2D eigenvalue weighted by atomic mass is 16.5. The average molecular weight is 415 g/mol. The van der Waals surface area contributed by atoms with E-state index in [1.807, 2.05) is 24.3 Å². The molecular formula is C22H30N4O4. The van der Waals surface area contributed by atoms with Crippen molar-refractivity contribution in [3.63, 3.8) is 0 Å². The lowest BCUT2D eigenvalue weighted by molar-refractivity contribution is -0.129. The second-order valence-electron chi connectivity index (χ2n) is 8.15. The van der Waals surface area contributed by atoms with Gasteiger partial charge in [0.05, 0.1) is 13.2 Å². The van der Waals surface area contributed by atoms with Crippen LogP contribution in [0.3, 0.4) is 0 Å². The lowest BCUT2D eigenvalue weighted by atomic mass is 9.95. The first-order chi connectivity index (χ1) is 14.6. The van der Waals surface area contributed by atoms with Crippen molar-refractivity contribution >= 4 is 17.8 Å². The van der Waals surface area contributed by atoms with Crippen LogP contribution in [0.1, 0.15) is 30.4 Å². The number of benzene rings is 1. The minimum atomic E-state index is -0.401. The molecule has 30 heavy (non-hydrogen) atoms. The summed E-state index contributed by atoms with van der Waals surface area (Å²) in [5, 5.41) is 2.94. The molecule has 3 heterocycles. The number of ether oxygens (including phenoxy) is 1. The molecule has 0 bridgehead atoms. The Morgan fingerprint density at radius 2 is 1.83 bits per heavy atom. The fourth-order valence-corrected chi connectivity index (χ4v) is 4.42. The molecular weight excluding hydrogens is 384 g/mol. The first-order valence-electron chi connectivity index (χ1n) is 10.9. The van der Waals surface area contributed by atoms with Crippen LogP contribution < -0.4 is 5.32 Å². The summed E-state index contributed by atoms with van der Waals surface area (Å²) in [6.45, 7) is 5.85. The zero-order valence-electron chi connectivity index (χ0n) is 17.3. The Morgan fingerprint density at radius 1 is 1.07 bits per heavy atom. The molecule has 162 valence electrons. The van der Waals surface area contributed by atoms with Crippen molar-refractivity contribution in [2.75, 3.05) is 45.9 Å². The third-order valence-electron chi connectivity index (χ3n) is 6.14. The lowest BCUT2D eigenvalue weighted by Crippen LogP contribution is -2.39. The number of hydrogen-bond donors (Lipinski definition) is 1. The van der Waals surface area contributed by atoms with Crippen LogP contribution in [0.15, 0.2) is 24.3 Å². The van der Waals surface area contributed by atoms with Crippen LogP contribution in [0.4, 0.5) is 4.79 Å². The van der Waals surface area contributed by atoms with Gasteiger partial charge in [-0.1, -0.05) is 24.3 Å². The molecule has 8 heteroatoms. The Labute approximate surface area is 177 Å². The number of morpholine rings is 1. The van der Waals surface area contributed by atoms with Gasteiger partial charge in [0, 0.05) is 45.6 Å². The number of hydrogen-bond acceptors (Lipinski definition) is 5. The summed E-state index contributed by atoms with van der Waals surface area (Å²) < 4.78 is 5.33. The van der Waals surface area contributed by atoms with Crippen LogP contribution in [0.2, 0.25) is 0 Å². The number of nitrogens with zero attached hydrogens (tertiary/aromatic N) is 3. The van der Waals surface area contributed by atoms with Gasteiger partial charge in [-0.25, -0.2) is 4.79 Å². The predicted octanol–water partition coefficient (Wildman–Crippen LogP) is 0.994. The first kappa shape index (κ1) is 20.8. The molecule has 2 fully saturated rings. The summed E-state index contributed by atoms with van der Waals surface area (Å²) in [5.41, 5.74) is 2.24. The molecule has 0 spiro atoms. The van der Waals surface area contributed by atoms with E-state index in [4.69, 9.17) is 4.74 Å². The largest absolute Gasteiger partial charge is 0.379 e. The van der Waals surface area contributed by atoms with Crippen molar-refractivity contribution in [1.82, 2.24) is 20.0 Å². The van der Waals surface area contributed by atoms with E-state index in [9.17, 15) is 14.4 Å². The van der Waals surface area contributed by atoms with E-state index in [-0.39, 0.29) is 17.8 Å². The summed E-state index contributed by atoms with van der Waals surface area (Å²) in [4.78, 5) is 42.9. The molecule has 1 unspecified atom stereocenters. The molecule has 1 aromatic carbocycles. The lowest BCUT2D eigenvalue weighted by Gasteiger charge is -2.28. The number of fused-ring (bicyclic) bond motifs is 2. The first-order valence-corrected chi connectivity index (χ1v) is 10.9. The predicted molar refractivity (Wildman–Crippen MR) is 111 cm³/mol. The highest BCUT2D eigenvalue weighted by molar-refractivity contribution is 6.04. The van der Waals surface area contributed by atoms with E-state index in [0.717, 1.165) is 50.4 Å². The Bertz CT molecular complexity index is 750. The Kier molecular flexibility index (Phi) is 6.64. The molecule has 3 aliphatic heterocycles. The fraction of sp³-hybridized carbons (Fsp3) is 0.591. The number of carbonyl (C=O) groups is 3. The van der Waals surface area contributed by atoms with E-state index >= 15 is 0 Å². The number of carbonyl (C=O) groups excluding carboxylic acids is 3. The second kappa shape index (κ2) is 9.57. The minimum Gasteiger partial charge on any atom is -0.379 e. The Morgan fingerprint density at radius 3 is 2.63 bits per heavy atom. The van der Waals surface area contributed by atoms with Gasteiger partial charge >= 0.3 is 6.03 Å². The second-order valence-corrected chi connectivity index (χ2v) is 8.15. The quantitative estimate of drug-likeness (QED) is 0.507. The molecule has 0 saturated carbocycles. The molecule has 0 aliphatic carbocycles. The molecule has 1 N–H and O–H groups in total. The monoisotopic (exact) mass is 414 g/mol. The van der Waals surface area contributed by atoms with Crippen molar-refractivity contribution < 1.29 is 19.1 Å². The molecule has 4 amide bonds. The van der Waals surface area contributed by atoms with Crippen LogP contribution in [-0.4, -0.2) is 84.5 Å². The van der Waals surface area contributed by atoms with Crippen LogP contribution >= 0.6 is 0 Å². The Hall–Kier alpha value is -2.45. The highest BCUT2D eigenvalue weighted by Crippen LogP contribution is 2.30. The van der Waals surface area contributed by atoms with Crippen molar-refractivity contribution in [1.29, 1.82) is 0 Å². The summed E-state index contributed by atoms with van der Waals surface area (Å²) in [6, 6.07) is 7.32. The number of rotatable bonds is 8. The van der Waals surface area contributed by atoms with Gasteiger partial charge in [0.1, 0.15) is 6.04 Å². The summed E-state index contributed by atoms with van der Waals surface area (Å²) in [7, 11) is 0. The van der Waals surface area contributed by atoms with Gasteiger partial charge in [0.15, 0.2) is 0 Å². The van der Waals surface area contributed by atoms with Crippen molar-refractivity contribution in [3.05, 3.63) is 35.4 Å². The van der Waals surface area contributed by atoms with Crippen molar-refractivity contribution in [3.8, 4) is 0 Å². The molecule has 4 rings (SSSR count). The third kappa shape index (κ3) is 4.65. The van der Waals surface area contributed by atoms with Crippen LogP contribution in [0.25, 0.3) is 0 Å². The molecule has 1 aromatic rings. The zero-order chi connectivity index (χ0) is 20.9. The fourth-order valence-electron chi connectivity index (χ4n) is 4.42. The molecule has 0 radical (unpaired) electrons. The standard InChI is InChI=1S/C22H30N4O4/c27-20(23-8-4-9-24-11-13-30-14-12-24)7-3-10-25-21(28)19-15-17-5-1-2-6-18(17)16-26(19)22(25)29/h1-2,5-6,19H,3-4,7-16H2,(H,23,27).